The lowest BCUT2D eigenvalue weighted by Gasteiger charge is -2.11. The summed E-state index contributed by atoms with van der Waals surface area (Å²) in [6.45, 7) is 4.19. The molecule has 1 aliphatic rings. The first-order chi connectivity index (χ1) is 17.0. The molecule has 2 aromatic carbocycles. The number of imide groups is 1. The summed E-state index contributed by atoms with van der Waals surface area (Å²) in [4.78, 5) is 44.4. The van der Waals surface area contributed by atoms with Gasteiger partial charge in [-0.15, -0.1) is 5.10 Å². The highest BCUT2D eigenvalue weighted by Crippen LogP contribution is 2.35. The van der Waals surface area contributed by atoms with Gasteiger partial charge in [0.15, 0.2) is 5.82 Å². The van der Waals surface area contributed by atoms with Crippen LogP contribution in [-0.4, -0.2) is 33.0 Å². The van der Waals surface area contributed by atoms with Crippen LogP contribution in [0.3, 0.4) is 0 Å². The number of hydrogen-bond donors (Lipinski definition) is 0. The van der Waals surface area contributed by atoms with Crippen molar-refractivity contribution in [2.45, 2.75) is 39.5 Å². The molecule has 0 N–H and O–H groups in total. The zero-order chi connectivity index (χ0) is 24.5. The molecule has 1 aliphatic heterocycles. The summed E-state index contributed by atoms with van der Waals surface area (Å²) in [6.07, 6.45) is 4.59. The Labute approximate surface area is 205 Å². The second-order valence-corrected chi connectivity index (χ2v) is 9.33. The van der Waals surface area contributed by atoms with Crippen molar-refractivity contribution in [3.8, 4) is 17.1 Å². The molecule has 8 nitrogen and oxygen atoms in total. The molecule has 0 bridgehead atoms. The molecule has 35 heavy (non-hydrogen) atoms. The number of nitrogens with zero attached hydrogens (tertiary/aromatic N) is 4. The maximum atomic E-state index is 13.2. The average molecular weight is 489 g/mol. The summed E-state index contributed by atoms with van der Waals surface area (Å²) in [5.74, 6) is 0.289. The molecule has 2 amide bonds. The highest BCUT2D eigenvalue weighted by atomic mass is 32.1. The number of benzene rings is 2. The lowest BCUT2D eigenvalue weighted by atomic mass is 10.1. The Morgan fingerprint density at radius 1 is 1.03 bits per heavy atom. The van der Waals surface area contributed by atoms with Gasteiger partial charge in [0.1, 0.15) is 10.3 Å². The minimum absolute atomic E-state index is 0.208. The quantitative estimate of drug-likeness (QED) is 0.369. The molecule has 0 saturated heterocycles. The van der Waals surface area contributed by atoms with Crippen LogP contribution in [-0.2, 0) is 9.59 Å². The number of thiazole rings is 1. The predicted molar refractivity (Wildman–Crippen MR) is 135 cm³/mol. The van der Waals surface area contributed by atoms with Gasteiger partial charge in [-0.25, -0.2) is 4.90 Å². The maximum Gasteiger partial charge on any atom is 0.291 e. The van der Waals surface area contributed by atoms with Crippen LogP contribution in [0.4, 0.5) is 5.69 Å². The lowest BCUT2D eigenvalue weighted by Crippen LogP contribution is -2.35. The van der Waals surface area contributed by atoms with Crippen LogP contribution in [0.2, 0.25) is 0 Å². The number of anilines is 1. The molecule has 9 heteroatoms. The van der Waals surface area contributed by atoms with Crippen molar-refractivity contribution in [2.24, 2.45) is 0 Å². The second kappa shape index (κ2) is 9.42. The Kier molecular flexibility index (Phi) is 6.17. The molecule has 0 atom stereocenters. The fraction of sp³-hybridized carbons (Fsp3) is 0.269. The zero-order valence-corrected chi connectivity index (χ0v) is 20.3. The summed E-state index contributed by atoms with van der Waals surface area (Å²) in [5.41, 5.74) is 1.57. The normalized spacial score (nSPS) is 14.6. The Bertz CT molecular complexity index is 1540. The summed E-state index contributed by atoms with van der Waals surface area (Å²) in [5, 5.41) is 4.39. The van der Waals surface area contributed by atoms with E-state index in [1.54, 1.807) is 24.3 Å². The van der Waals surface area contributed by atoms with Gasteiger partial charge in [0.2, 0.25) is 10.9 Å². The van der Waals surface area contributed by atoms with Crippen LogP contribution in [0.5, 0.6) is 5.75 Å². The van der Waals surface area contributed by atoms with Crippen molar-refractivity contribution in [3.63, 3.8) is 0 Å². The van der Waals surface area contributed by atoms with Gasteiger partial charge in [-0.05, 0) is 36.8 Å². The van der Waals surface area contributed by atoms with Crippen molar-refractivity contribution in [3.05, 3.63) is 69.0 Å². The third kappa shape index (κ3) is 4.12. The number of rotatable bonds is 7. The van der Waals surface area contributed by atoms with Gasteiger partial charge in [0.25, 0.3) is 11.5 Å². The lowest BCUT2D eigenvalue weighted by molar-refractivity contribution is -0.122. The Hall–Kier alpha value is -3.85. The van der Waals surface area contributed by atoms with Crippen LogP contribution in [0.15, 0.2) is 53.3 Å². The number of aromatic nitrogens is 3. The Morgan fingerprint density at radius 3 is 2.51 bits per heavy atom. The van der Waals surface area contributed by atoms with Gasteiger partial charge >= 0.3 is 0 Å². The van der Waals surface area contributed by atoms with Gasteiger partial charge in [-0.2, -0.15) is 9.50 Å². The van der Waals surface area contributed by atoms with Gasteiger partial charge < -0.3 is 4.74 Å². The molecule has 2 aromatic heterocycles. The fourth-order valence-corrected chi connectivity index (χ4v) is 5.17. The smallest absolute Gasteiger partial charge is 0.291 e. The first-order valence-electron chi connectivity index (χ1n) is 11.6. The number of ether oxygens (including phenoxy) is 1. The van der Waals surface area contributed by atoms with Crippen LogP contribution in [0, 0.1) is 0 Å². The van der Waals surface area contributed by atoms with Crippen LogP contribution in [0.25, 0.3) is 21.9 Å². The van der Waals surface area contributed by atoms with Crippen molar-refractivity contribution < 1.29 is 14.3 Å². The monoisotopic (exact) mass is 488 g/mol. The molecule has 0 radical (unpaired) electrons. The first-order valence-corrected chi connectivity index (χ1v) is 12.4. The number of amides is 2. The molecule has 0 aliphatic carbocycles. The third-order valence-corrected chi connectivity index (χ3v) is 6.94. The van der Waals surface area contributed by atoms with Gasteiger partial charge in [0, 0.05) is 18.1 Å². The summed E-state index contributed by atoms with van der Waals surface area (Å²) in [7, 11) is 0. The molecule has 0 unspecified atom stereocenters. The number of carbonyl (C=O) groups is 2. The van der Waals surface area contributed by atoms with Gasteiger partial charge in [-0.3, -0.25) is 14.4 Å². The van der Waals surface area contributed by atoms with E-state index in [0.29, 0.717) is 28.6 Å². The van der Waals surface area contributed by atoms with E-state index in [1.807, 2.05) is 24.3 Å². The van der Waals surface area contributed by atoms with Crippen LogP contribution >= 0.6 is 11.3 Å². The van der Waals surface area contributed by atoms with Crippen molar-refractivity contribution in [1.82, 2.24) is 14.6 Å². The van der Waals surface area contributed by atoms with E-state index in [2.05, 4.69) is 17.0 Å². The summed E-state index contributed by atoms with van der Waals surface area (Å²) >= 11 is 1.09. The molecule has 0 fully saturated rings. The number of unbranched alkanes of at least 4 members (excludes halogenated alkanes) is 3. The van der Waals surface area contributed by atoms with Crippen molar-refractivity contribution >= 4 is 39.4 Å². The minimum Gasteiger partial charge on any atom is -0.494 e. The number of fused-ring (bicyclic) bond motifs is 2. The molecule has 0 saturated carbocycles. The van der Waals surface area contributed by atoms with E-state index >= 15 is 0 Å². The van der Waals surface area contributed by atoms with Crippen molar-refractivity contribution in [1.29, 1.82) is 0 Å². The third-order valence-electron chi connectivity index (χ3n) is 5.91. The second-order valence-electron chi connectivity index (χ2n) is 8.35. The molecule has 4 aromatic rings. The minimum atomic E-state index is -0.509. The highest BCUT2D eigenvalue weighted by Gasteiger charge is 2.36. The van der Waals surface area contributed by atoms with Crippen LogP contribution < -0.4 is 19.7 Å². The predicted octanol–water partition coefficient (Wildman–Crippen LogP) is 3.59. The van der Waals surface area contributed by atoms with Crippen LogP contribution in [0.1, 0.15) is 45.1 Å². The SMILES string of the molecule is CCCCCCOc1ccc(-c2nc3sc(=C4C(=O)N(C(C)=O)c5ccccc54)c(=O)n3n2)cc1. The van der Waals surface area contributed by atoms with Gasteiger partial charge in [0.05, 0.1) is 17.9 Å². The zero-order valence-electron chi connectivity index (χ0n) is 19.5. The average Bonchev–Trinajstić information content (AvgIpc) is 3.49. The molecular formula is C26H24N4O4S. The molecule has 3 heterocycles. The molecule has 0 spiro atoms. The summed E-state index contributed by atoms with van der Waals surface area (Å²) in [6, 6.07) is 14.4. The number of hydrogen-bond acceptors (Lipinski definition) is 7. The van der Waals surface area contributed by atoms with E-state index in [9.17, 15) is 14.4 Å². The van der Waals surface area contributed by atoms with E-state index in [4.69, 9.17) is 4.74 Å². The maximum absolute atomic E-state index is 13.2. The van der Waals surface area contributed by atoms with Gasteiger partial charge in [-0.1, -0.05) is 55.7 Å². The Morgan fingerprint density at radius 2 is 1.80 bits per heavy atom. The topological polar surface area (TPSA) is 93.9 Å². The molecule has 178 valence electrons. The largest absolute Gasteiger partial charge is 0.494 e. The molecular weight excluding hydrogens is 464 g/mol. The van der Waals surface area contributed by atoms with Crippen molar-refractivity contribution in [2.75, 3.05) is 11.5 Å². The van der Waals surface area contributed by atoms with E-state index in [0.717, 1.165) is 40.4 Å². The highest BCUT2D eigenvalue weighted by molar-refractivity contribution is 7.15. The van der Waals surface area contributed by atoms with E-state index < -0.39 is 17.4 Å². The summed E-state index contributed by atoms with van der Waals surface area (Å²) < 4.78 is 7.22. The first kappa shape index (κ1) is 22.9. The molecule has 5 rings (SSSR count). The van der Waals surface area contributed by atoms with E-state index in [1.165, 1.54) is 24.3 Å². The fourth-order valence-electron chi connectivity index (χ4n) is 4.18. The standard InChI is InChI=1S/C26H24N4O4S/c1-3-4-5-8-15-34-18-13-11-17(12-14-18)23-27-26-30(28-23)25(33)22(35-26)21-19-9-6-7-10-20(19)29(16(2)31)24(21)32/h6-7,9-14H,3-5,8,15H2,1-2H3. The Balaban J connectivity index is 1.46. The van der Waals surface area contributed by atoms with E-state index in [-0.39, 0.29) is 10.1 Å². The number of carbonyl (C=O) groups excluding carboxylic acids is 2. The number of para-hydroxylation sites is 1.